The van der Waals surface area contributed by atoms with Crippen molar-refractivity contribution in [3.8, 4) is 17.1 Å². The van der Waals surface area contributed by atoms with Gasteiger partial charge in [-0.25, -0.2) is 14.6 Å². The zero-order valence-electron chi connectivity index (χ0n) is 15.6. The number of carbonyl (C=O) groups excluding carboxylic acids is 1. The molecule has 30 heavy (non-hydrogen) atoms. The lowest BCUT2D eigenvalue weighted by Gasteiger charge is -2.18. The third kappa shape index (κ3) is 4.14. The summed E-state index contributed by atoms with van der Waals surface area (Å²) in [7, 11) is 0. The Balaban J connectivity index is 1.60. The van der Waals surface area contributed by atoms with Crippen molar-refractivity contribution >= 4 is 45.6 Å². The zero-order valence-corrected chi connectivity index (χ0v) is 17.9. The van der Waals surface area contributed by atoms with Gasteiger partial charge in [0.25, 0.3) is 5.91 Å². The van der Waals surface area contributed by atoms with E-state index in [0.29, 0.717) is 38.8 Å². The van der Waals surface area contributed by atoms with Gasteiger partial charge >= 0.3 is 0 Å². The number of halogens is 2. The summed E-state index contributed by atoms with van der Waals surface area (Å²) in [6.07, 6.45) is 6.64. The van der Waals surface area contributed by atoms with E-state index in [1.807, 2.05) is 11.4 Å². The number of hydrogen-bond donors (Lipinski definition) is 0. The van der Waals surface area contributed by atoms with Gasteiger partial charge in [-0.3, -0.25) is 9.69 Å². The van der Waals surface area contributed by atoms with Gasteiger partial charge in [0.2, 0.25) is 0 Å². The van der Waals surface area contributed by atoms with Crippen molar-refractivity contribution in [1.29, 1.82) is 0 Å². The number of benzene rings is 1. The number of nitrogens with zero attached hydrogens (tertiary/aromatic N) is 5. The summed E-state index contributed by atoms with van der Waals surface area (Å²) >= 11 is 13.5. The van der Waals surface area contributed by atoms with Crippen molar-refractivity contribution in [2.45, 2.75) is 0 Å². The molecule has 3 aromatic heterocycles. The molecule has 0 radical (unpaired) electrons. The topological polar surface area (TPSA) is 63.9 Å². The molecular weight excluding hydrogens is 441 g/mol. The van der Waals surface area contributed by atoms with Crippen LogP contribution in [-0.2, 0) is 0 Å². The standard InChI is InChI=1S/C21H15Cl2N5OS/c1-2-9-27(20(29)15-5-7-19(24-12-15)28-10-3-8-25-28)21-26-18(13-30-21)14-4-6-16(22)17(23)11-14/h2-8,10-13H,1,9H2. The predicted octanol–water partition coefficient (Wildman–Crippen LogP) is 5.53. The number of anilines is 1. The van der Waals surface area contributed by atoms with Crippen molar-refractivity contribution < 1.29 is 4.79 Å². The molecule has 0 saturated heterocycles. The minimum atomic E-state index is -0.218. The normalized spacial score (nSPS) is 10.7. The fourth-order valence-corrected chi connectivity index (χ4v) is 3.90. The van der Waals surface area contributed by atoms with Crippen molar-refractivity contribution in [2.75, 3.05) is 11.4 Å². The second-order valence-corrected chi connectivity index (χ2v) is 7.86. The average Bonchev–Trinajstić information content (AvgIpc) is 3.46. The van der Waals surface area contributed by atoms with Crippen molar-refractivity contribution in [2.24, 2.45) is 0 Å². The second kappa shape index (κ2) is 8.79. The molecule has 0 fully saturated rings. The average molecular weight is 456 g/mol. The maximum absolute atomic E-state index is 13.1. The Morgan fingerprint density at radius 1 is 1.23 bits per heavy atom. The summed E-state index contributed by atoms with van der Waals surface area (Å²) in [6, 6.07) is 10.6. The largest absolute Gasteiger partial charge is 0.280 e. The van der Waals surface area contributed by atoms with Crippen LogP contribution in [0.3, 0.4) is 0 Å². The molecule has 6 nitrogen and oxygen atoms in total. The van der Waals surface area contributed by atoms with Gasteiger partial charge in [-0.1, -0.05) is 35.3 Å². The predicted molar refractivity (Wildman–Crippen MR) is 121 cm³/mol. The molecule has 0 saturated carbocycles. The Hall–Kier alpha value is -3.00. The maximum Gasteiger partial charge on any atom is 0.261 e. The molecule has 4 rings (SSSR count). The highest BCUT2D eigenvalue weighted by Crippen LogP contribution is 2.32. The van der Waals surface area contributed by atoms with E-state index in [1.165, 1.54) is 17.5 Å². The number of rotatable bonds is 6. The van der Waals surface area contributed by atoms with Gasteiger partial charge in [0, 0.05) is 36.1 Å². The van der Waals surface area contributed by atoms with E-state index in [2.05, 4.69) is 21.6 Å². The molecule has 1 amide bonds. The molecule has 0 atom stereocenters. The first kappa shape index (κ1) is 20.3. The van der Waals surface area contributed by atoms with E-state index in [1.54, 1.807) is 58.4 Å². The quantitative estimate of drug-likeness (QED) is 0.358. The van der Waals surface area contributed by atoms with E-state index >= 15 is 0 Å². The number of carbonyl (C=O) groups is 1. The van der Waals surface area contributed by atoms with Crippen molar-refractivity contribution in [3.05, 3.63) is 88.6 Å². The second-order valence-electron chi connectivity index (χ2n) is 6.20. The molecule has 3 heterocycles. The van der Waals surface area contributed by atoms with Gasteiger partial charge in [-0.2, -0.15) is 5.10 Å². The van der Waals surface area contributed by atoms with Crippen LogP contribution in [0.25, 0.3) is 17.1 Å². The minimum Gasteiger partial charge on any atom is -0.280 e. The van der Waals surface area contributed by atoms with Crippen LogP contribution in [0.15, 0.2) is 73.0 Å². The Morgan fingerprint density at radius 2 is 2.10 bits per heavy atom. The summed E-state index contributed by atoms with van der Waals surface area (Å²) in [4.78, 5) is 23.6. The first-order chi connectivity index (χ1) is 14.6. The first-order valence-corrected chi connectivity index (χ1v) is 10.5. The Kier molecular flexibility index (Phi) is 5.94. The van der Waals surface area contributed by atoms with Gasteiger partial charge in [0.15, 0.2) is 10.9 Å². The van der Waals surface area contributed by atoms with E-state index in [-0.39, 0.29) is 5.91 Å². The summed E-state index contributed by atoms with van der Waals surface area (Å²) in [5.74, 6) is 0.410. The summed E-state index contributed by atoms with van der Waals surface area (Å²) < 4.78 is 1.63. The monoisotopic (exact) mass is 455 g/mol. The van der Waals surface area contributed by atoms with Gasteiger partial charge < -0.3 is 0 Å². The molecule has 9 heteroatoms. The molecule has 0 N–H and O–H groups in total. The molecule has 0 aliphatic heterocycles. The van der Waals surface area contributed by atoms with Crippen LogP contribution in [0.5, 0.6) is 0 Å². The summed E-state index contributed by atoms with van der Waals surface area (Å²) in [6.45, 7) is 4.07. The van der Waals surface area contributed by atoms with Crippen LogP contribution < -0.4 is 4.90 Å². The highest BCUT2D eigenvalue weighted by molar-refractivity contribution is 7.14. The van der Waals surface area contributed by atoms with E-state index in [0.717, 1.165) is 5.56 Å². The van der Waals surface area contributed by atoms with E-state index < -0.39 is 0 Å². The van der Waals surface area contributed by atoms with Gasteiger partial charge in [0.05, 0.1) is 21.3 Å². The molecule has 0 aliphatic carbocycles. The number of aromatic nitrogens is 4. The number of pyridine rings is 1. The molecule has 0 aliphatic rings. The summed E-state index contributed by atoms with van der Waals surface area (Å²) in [5, 5.41) is 7.49. The smallest absolute Gasteiger partial charge is 0.261 e. The fourth-order valence-electron chi connectivity index (χ4n) is 2.76. The highest BCUT2D eigenvalue weighted by Gasteiger charge is 2.21. The summed E-state index contributed by atoms with van der Waals surface area (Å²) in [5.41, 5.74) is 1.98. The molecule has 150 valence electrons. The van der Waals surface area contributed by atoms with Gasteiger partial charge in [0.1, 0.15) is 0 Å². The minimum absolute atomic E-state index is 0.218. The SMILES string of the molecule is C=CCN(C(=O)c1ccc(-n2cccn2)nc1)c1nc(-c2ccc(Cl)c(Cl)c2)cs1. The van der Waals surface area contributed by atoms with Crippen LogP contribution in [0.4, 0.5) is 5.13 Å². The lowest BCUT2D eigenvalue weighted by Crippen LogP contribution is -2.31. The van der Waals surface area contributed by atoms with Gasteiger partial charge in [-0.05, 0) is 30.3 Å². The van der Waals surface area contributed by atoms with Crippen LogP contribution >= 0.6 is 34.5 Å². The lowest BCUT2D eigenvalue weighted by atomic mass is 10.2. The Bertz CT molecular complexity index is 1190. The maximum atomic E-state index is 13.1. The lowest BCUT2D eigenvalue weighted by molar-refractivity contribution is 0.0989. The number of hydrogen-bond acceptors (Lipinski definition) is 5. The molecule has 0 unspecified atom stereocenters. The zero-order chi connectivity index (χ0) is 21.1. The third-order valence-corrected chi connectivity index (χ3v) is 5.83. The molecule has 0 bridgehead atoms. The highest BCUT2D eigenvalue weighted by atomic mass is 35.5. The Morgan fingerprint density at radius 3 is 2.77 bits per heavy atom. The van der Waals surface area contributed by atoms with E-state index in [9.17, 15) is 4.79 Å². The third-order valence-electron chi connectivity index (χ3n) is 4.23. The van der Waals surface area contributed by atoms with Crippen LogP contribution in [-0.4, -0.2) is 32.2 Å². The van der Waals surface area contributed by atoms with Crippen LogP contribution in [0.2, 0.25) is 10.0 Å². The molecule has 0 spiro atoms. The fraction of sp³-hybridized carbons (Fsp3) is 0.0476. The van der Waals surface area contributed by atoms with Crippen LogP contribution in [0, 0.1) is 0 Å². The van der Waals surface area contributed by atoms with Gasteiger partial charge in [-0.15, -0.1) is 17.9 Å². The molecule has 4 aromatic rings. The Labute approximate surface area is 187 Å². The number of thiazole rings is 1. The molecule has 1 aromatic carbocycles. The number of amides is 1. The van der Waals surface area contributed by atoms with E-state index in [4.69, 9.17) is 23.2 Å². The van der Waals surface area contributed by atoms with Crippen molar-refractivity contribution in [3.63, 3.8) is 0 Å². The first-order valence-electron chi connectivity index (χ1n) is 8.86. The van der Waals surface area contributed by atoms with Crippen LogP contribution in [0.1, 0.15) is 10.4 Å². The molecular formula is C21H15Cl2N5OS. The van der Waals surface area contributed by atoms with Crippen molar-refractivity contribution in [1.82, 2.24) is 19.7 Å².